The van der Waals surface area contributed by atoms with Crippen molar-refractivity contribution in [3.05, 3.63) is 72.1 Å². The third-order valence-corrected chi connectivity index (χ3v) is 5.13. The molecule has 2 heterocycles. The molecule has 148 valence electrons. The van der Waals surface area contributed by atoms with E-state index in [1.54, 1.807) is 12.3 Å². The monoisotopic (exact) mass is 387 g/mol. The second kappa shape index (κ2) is 8.73. The minimum atomic E-state index is -0.259. The fourth-order valence-electron chi connectivity index (χ4n) is 3.48. The summed E-state index contributed by atoms with van der Waals surface area (Å²) in [6, 6.07) is 17.5. The normalized spacial score (nSPS) is 13.8. The van der Waals surface area contributed by atoms with Crippen LogP contribution in [0.5, 0.6) is 0 Å². The number of aromatic nitrogens is 2. The van der Waals surface area contributed by atoms with Gasteiger partial charge in [0, 0.05) is 36.3 Å². The topological polar surface area (TPSA) is 70.2 Å². The molecule has 1 amide bonds. The van der Waals surface area contributed by atoms with E-state index in [2.05, 4.69) is 37.6 Å². The third kappa shape index (κ3) is 4.71. The summed E-state index contributed by atoms with van der Waals surface area (Å²) in [6.07, 6.45) is 5.42. The molecular weight excluding hydrogens is 362 g/mol. The average Bonchev–Trinajstić information content (AvgIpc) is 2.77. The van der Waals surface area contributed by atoms with Crippen molar-refractivity contribution in [1.29, 1.82) is 0 Å². The van der Waals surface area contributed by atoms with Gasteiger partial charge in [-0.1, -0.05) is 18.2 Å². The average molecular weight is 387 g/mol. The largest absolute Gasteiger partial charge is 0.372 e. The zero-order valence-corrected chi connectivity index (χ0v) is 16.6. The Bertz CT molecular complexity index is 981. The van der Waals surface area contributed by atoms with E-state index in [1.807, 2.05) is 43.3 Å². The molecule has 1 aliphatic heterocycles. The van der Waals surface area contributed by atoms with Crippen molar-refractivity contribution >= 4 is 28.9 Å². The first kappa shape index (κ1) is 18.9. The second-order valence-corrected chi connectivity index (χ2v) is 7.25. The van der Waals surface area contributed by atoms with Gasteiger partial charge in [-0.15, -0.1) is 0 Å². The number of carbonyl (C=O) groups is 1. The van der Waals surface area contributed by atoms with Crippen LogP contribution in [0.3, 0.4) is 0 Å². The minimum absolute atomic E-state index is 0.259. The van der Waals surface area contributed by atoms with Gasteiger partial charge in [0.1, 0.15) is 5.69 Å². The highest BCUT2D eigenvalue weighted by molar-refractivity contribution is 6.03. The highest BCUT2D eigenvalue weighted by atomic mass is 16.1. The molecule has 2 N–H and O–H groups in total. The van der Waals surface area contributed by atoms with E-state index in [0.29, 0.717) is 11.6 Å². The summed E-state index contributed by atoms with van der Waals surface area (Å²) < 4.78 is 0. The maximum Gasteiger partial charge on any atom is 0.274 e. The highest BCUT2D eigenvalue weighted by Gasteiger charge is 2.12. The number of aryl methyl sites for hydroxylation is 1. The van der Waals surface area contributed by atoms with Gasteiger partial charge >= 0.3 is 0 Å². The third-order valence-electron chi connectivity index (χ3n) is 5.13. The lowest BCUT2D eigenvalue weighted by molar-refractivity contribution is 0.102. The Kier molecular flexibility index (Phi) is 5.70. The van der Waals surface area contributed by atoms with Crippen LogP contribution in [0.2, 0.25) is 0 Å². The molecule has 0 unspecified atom stereocenters. The van der Waals surface area contributed by atoms with Crippen molar-refractivity contribution in [3.63, 3.8) is 0 Å². The van der Waals surface area contributed by atoms with Crippen molar-refractivity contribution in [2.75, 3.05) is 28.6 Å². The Morgan fingerprint density at radius 2 is 1.72 bits per heavy atom. The number of benzene rings is 2. The van der Waals surface area contributed by atoms with Crippen LogP contribution in [0.15, 0.2) is 60.8 Å². The van der Waals surface area contributed by atoms with Crippen LogP contribution < -0.4 is 15.5 Å². The molecule has 3 aromatic rings. The summed E-state index contributed by atoms with van der Waals surface area (Å²) in [4.78, 5) is 23.6. The summed E-state index contributed by atoms with van der Waals surface area (Å²) in [5.41, 5.74) is 4.22. The van der Waals surface area contributed by atoms with Gasteiger partial charge in [0.05, 0.1) is 0 Å². The predicted octanol–water partition coefficient (Wildman–Crippen LogP) is 4.77. The van der Waals surface area contributed by atoms with E-state index in [1.165, 1.54) is 24.9 Å². The van der Waals surface area contributed by atoms with Crippen LogP contribution in [-0.4, -0.2) is 29.0 Å². The van der Waals surface area contributed by atoms with Gasteiger partial charge in [-0.25, -0.2) is 9.97 Å². The maximum absolute atomic E-state index is 12.6. The fraction of sp³-hybridized carbons (Fsp3) is 0.261. The van der Waals surface area contributed by atoms with Gasteiger partial charge in [-0.3, -0.25) is 4.79 Å². The van der Waals surface area contributed by atoms with Crippen LogP contribution in [0.4, 0.5) is 23.0 Å². The van der Waals surface area contributed by atoms with Gasteiger partial charge < -0.3 is 15.5 Å². The Morgan fingerprint density at radius 1 is 0.966 bits per heavy atom. The Labute approximate surface area is 171 Å². The zero-order valence-electron chi connectivity index (χ0n) is 16.6. The maximum atomic E-state index is 12.6. The standard InChI is InChI=1S/C23H25N5O/c1-17-7-3-4-8-20(17)26-22(29)21-13-14-24-23(27-21)25-18-9-11-19(12-10-18)28-15-5-2-6-16-28/h3-4,7-14H,2,5-6,15-16H2,1H3,(H,26,29)(H,24,25,27). The number of rotatable bonds is 5. The molecule has 0 bridgehead atoms. The van der Waals surface area contributed by atoms with Gasteiger partial charge in [0.2, 0.25) is 5.95 Å². The SMILES string of the molecule is Cc1ccccc1NC(=O)c1ccnc(Nc2ccc(N3CCCCC3)cc2)n1. The molecule has 1 fully saturated rings. The summed E-state index contributed by atoms with van der Waals surface area (Å²) in [7, 11) is 0. The van der Waals surface area contributed by atoms with Crippen molar-refractivity contribution in [1.82, 2.24) is 9.97 Å². The lowest BCUT2D eigenvalue weighted by Gasteiger charge is -2.28. The number of hydrogen-bond acceptors (Lipinski definition) is 5. The number of anilines is 4. The first-order valence-electron chi connectivity index (χ1n) is 10.0. The highest BCUT2D eigenvalue weighted by Crippen LogP contribution is 2.23. The minimum Gasteiger partial charge on any atom is -0.372 e. The number of amides is 1. The van der Waals surface area contributed by atoms with E-state index in [0.717, 1.165) is 30.0 Å². The molecule has 6 nitrogen and oxygen atoms in total. The van der Waals surface area contributed by atoms with E-state index >= 15 is 0 Å². The molecule has 6 heteroatoms. The fourth-order valence-corrected chi connectivity index (χ4v) is 3.48. The van der Waals surface area contributed by atoms with Crippen LogP contribution in [0, 0.1) is 6.92 Å². The van der Waals surface area contributed by atoms with Gasteiger partial charge in [0.15, 0.2) is 0 Å². The number of hydrogen-bond donors (Lipinski definition) is 2. The summed E-state index contributed by atoms with van der Waals surface area (Å²) >= 11 is 0. The molecule has 4 rings (SSSR count). The number of para-hydroxylation sites is 1. The molecule has 29 heavy (non-hydrogen) atoms. The Morgan fingerprint density at radius 3 is 2.48 bits per heavy atom. The number of carbonyl (C=O) groups excluding carboxylic acids is 1. The zero-order chi connectivity index (χ0) is 20.1. The predicted molar refractivity (Wildman–Crippen MR) is 117 cm³/mol. The number of piperidine rings is 1. The lowest BCUT2D eigenvalue weighted by atomic mass is 10.1. The molecule has 0 saturated carbocycles. The molecule has 1 aromatic heterocycles. The van der Waals surface area contributed by atoms with E-state index in [9.17, 15) is 4.79 Å². The lowest BCUT2D eigenvalue weighted by Crippen LogP contribution is -2.29. The second-order valence-electron chi connectivity index (χ2n) is 7.25. The summed E-state index contributed by atoms with van der Waals surface area (Å²) in [6.45, 7) is 4.19. The molecule has 1 saturated heterocycles. The smallest absolute Gasteiger partial charge is 0.274 e. The first-order chi connectivity index (χ1) is 14.2. The molecule has 1 aliphatic rings. The van der Waals surface area contributed by atoms with Gasteiger partial charge in [0.25, 0.3) is 5.91 Å². The van der Waals surface area contributed by atoms with Crippen LogP contribution in [-0.2, 0) is 0 Å². The quantitative estimate of drug-likeness (QED) is 0.660. The van der Waals surface area contributed by atoms with Crippen molar-refractivity contribution in [3.8, 4) is 0 Å². The van der Waals surface area contributed by atoms with Crippen molar-refractivity contribution in [2.24, 2.45) is 0 Å². The number of nitrogens with one attached hydrogen (secondary N) is 2. The number of nitrogens with zero attached hydrogens (tertiary/aromatic N) is 3. The van der Waals surface area contributed by atoms with E-state index < -0.39 is 0 Å². The van der Waals surface area contributed by atoms with E-state index in [-0.39, 0.29) is 5.91 Å². The molecule has 0 atom stereocenters. The summed E-state index contributed by atoms with van der Waals surface area (Å²) in [5.74, 6) is 0.137. The molecular formula is C23H25N5O. The Balaban J connectivity index is 1.43. The van der Waals surface area contributed by atoms with Crippen LogP contribution in [0.1, 0.15) is 35.3 Å². The van der Waals surface area contributed by atoms with Crippen LogP contribution >= 0.6 is 0 Å². The van der Waals surface area contributed by atoms with Crippen molar-refractivity contribution < 1.29 is 4.79 Å². The van der Waals surface area contributed by atoms with Gasteiger partial charge in [-0.2, -0.15) is 0 Å². The summed E-state index contributed by atoms with van der Waals surface area (Å²) in [5, 5.41) is 6.08. The Hall–Kier alpha value is -3.41. The van der Waals surface area contributed by atoms with Crippen molar-refractivity contribution in [2.45, 2.75) is 26.2 Å². The molecule has 2 aromatic carbocycles. The molecule has 0 spiro atoms. The molecule has 0 aliphatic carbocycles. The van der Waals surface area contributed by atoms with Gasteiger partial charge in [-0.05, 0) is 68.1 Å². The first-order valence-corrected chi connectivity index (χ1v) is 10.0. The van der Waals surface area contributed by atoms with Crippen LogP contribution in [0.25, 0.3) is 0 Å². The molecule has 0 radical (unpaired) electrons. The van der Waals surface area contributed by atoms with E-state index in [4.69, 9.17) is 0 Å².